The monoisotopic (exact) mass is 210 g/mol. The highest BCUT2D eigenvalue weighted by Gasteiger charge is 2.14. The van der Waals surface area contributed by atoms with Gasteiger partial charge in [0, 0.05) is 7.05 Å². The van der Waals surface area contributed by atoms with Gasteiger partial charge < -0.3 is 5.32 Å². The average molecular weight is 210 g/mol. The number of aryl methyl sites for hydroxylation is 1. The first-order valence-corrected chi connectivity index (χ1v) is 5.73. The molecule has 0 radical (unpaired) electrons. The van der Waals surface area contributed by atoms with E-state index in [9.17, 15) is 0 Å². The zero-order chi connectivity index (χ0) is 11.3. The van der Waals surface area contributed by atoms with Crippen LogP contribution in [0.2, 0.25) is 0 Å². The van der Waals surface area contributed by atoms with E-state index in [1.165, 1.54) is 12.1 Å². The lowest BCUT2D eigenvalue weighted by Gasteiger charge is -2.18. The van der Waals surface area contributed by atoms with Crippen molar-refractivity contribution >= 4 is 0 Å². The minimum atomic E-state index is 0.386. The molecule has 1 aromatic heterocycles. The second kappa shape index (κ2) is 5.85. The van der Waals surface area contributed by atoms with Crippen LogP contribution in [0.5, 0.6) is 0 Å². The molecular formula is C11H22N4. The summed E-state index contributed by atoms with van der Waals surface area (Å²) >= 11 is 0. The van der Waals surface area contributed by atoms with Gasteiger partial charge in [0.1, 0.15) is 0 Å². The Bertz CT molecular complexity index is 280. The largest absolute Gasteiger partial charge is 0.309 e. The molecule has 0 spiro atoms. The maximum atomic E-state index is 3.97. The number of hydrogen-bond acceptors (Lipinski definition) is 3. The maximum absolute atomic E-state index is 3.97. The first-order chi connectivity index (χ1) is 7.15. The van der Waals surface area contributed by atoms with Crippen molar-refractivity contribution in [3.63, 3.8) is 0 Å². The van der Waals surface area contributed by atoms with E-state index >= 15 is 0 Å². The Kier molecular flexibility index (Phi) is 4.75. The van der Waals surface area contributed by atoms with Crippen molar-refractivity contribution in [2.75, 3.05) is 6.54 Å². The van der Waals surface area contributed by atoms with Crippen molar-refractivity contribution in [2.24, 2.45) is 13.0 Å². The summed E-state index contributed by atoms with van der Waals surface area (Å²) in [6.07, 6.45) is 4.23. The highest BCUT2D eigenvalue weighted by Crippen LogP contribution is 2.19. The summed E-state index contributed by atoms with van der Waals surface area (Å²) < 4.78 is 1.85. The van der Waals surface area contributed by atoms with Crippen molar-refractivity contribution in [1.29, 1.82) is 0 Å². The zero-order valence-electron chi connectivity index (χ0n) is 10.2. The van der Waals surface area contributed by atoms with Gasteiger partial charge in [0.05, 0.1) is 17.9 Å². The van der Waals surface area contributed by atoms with E-state index < -0.39 is 0 Å². The number of nitrogens with zero attached hydrogens (tertiary/aromatic N) is 3. The van der Waals surface area contributed by atoms with E-state index in [1.807, 2.05) is 17.9 Å². The normalized spacial score (nSPS) is 13.4. The van der Waals surface area contributed by atoms with Gasteiger partial charge in [-0.3, -0.25) is 4.68 Å². The van der Waals surface area contributed by atoms with Crippen LogP contribution in [0, 0.1) is 5.92 Å². The molecule has 1 heterocycles. The van der Waals surface area contributed by atoms with Crippen molar-refractivity contribution < 1.29 is 0 Å². The zero-order valence-corrected chi connectivity index (χ0v) is 10.2. The average Bonchev–Trinajstić information content (AvgIpc) is 2.59. The highest BCUT2D eigenvalue weighted by atomic mass is 15.4. The topological polar surface area (TPSA) is 42.7 Å². The van der Waals surface area contributed by atoms with Crippen molar-refractivity contribution in [2.45, 2.75) is 39.7 Å². The van der Waals surface area contributed by atoms with Gasteiger partial charge in [-0.2, -0.15) is 0 Å². The predicted octanol–water partition coefficient (Wildman–Crippen LogP) is 1.90. The lowest BCUT2D eigenvalue weighted by atomic mass is 10.0. The van der Waals surface area contributed by atoms with Crippen LogP contribution in [-0.4, -0.2) is 21.5 Å². The molecule has 86 valence electrons. The van der Waals surface area contributed by atoms with Crippen LogP contribution in [0.3, 0.4) is 0 Å². The van der Waals surface area contributed by atoms with Gasteiger partial charge in [0.15, 0.2) is 0 Å². The first-order valence-electron chi connectivity index (χ1n) is 5.73. The summed E-state index contributed by atoms with van der Waals surface area (Å²) in [5.74, 6) is 0.743. The SMILES string of the molecule is CCNC(CCC(C)C)c1cnnn1C. The van der Waals surface area contributed by atoms with E-state index in [0.717, 1.165) is 18.9 Å². The third-order valence-corrected chi connectivity index (χ3v) is 2.59. The predicted molar refractivity (Wildman–Crippen MR) is 61.5 cm³/mol. The Balaban J connectivity index is 2.61. The van der Waals surface area contributed by atoms with Crippen LogP contribution >= 0.6 is 0 Å². The number of aromatic nitrogens is 3. The molecule has 4 nitrogen and oxygen atoms in total. The quantitative estimate of drug-likeness (QED) is 0.780. The smallest absolute Gasteiger partial charge is 0.0753 e. The van der Waals surface area contributed by atoms with Crippen LogP contribution in [0.25, 0.3) is 0 Å². The van der Waals surface area contributed by atoms with E-state index in [0.29, 0.717) is 6.04 Å². The van der Waals surface area contributed by atoms with Gasteiger partial charge in [0.25, 0.3) is 0 Å². The Morgan fingerprint density at radius 1 is 1.40 bits per heavy atom. The minimum Gasteiger partial charge on any atom is -0.309 e. The third-order valence-electron chi connectivity index (χ3n) is 2.59. The maximum Gasteiger partial charge on any atom is 0.0753 e. The van der Waals surface area contributed by atoms with Crippen LogP contribution in [0.15, 0.2) is 6.20 Å². The molecule has 15 heavy (non-hydrogen) atoms. The second-order valence-corrected chi connectivity index (χ2v) is 4.36. The first kappa shape index (κ1) is 12.2. The molecule has 4 heteroatoms. The second-order valence-electron chi connectivity index (χ2n) is 4.36. The van der Waals surface area contributed by atoms with E-state index in [2.05, 4.69) is 36.4 Å². The van der Waals surface area contributed by atoms with Gasteiger partial charge in [0.2, 0.25) is 0 Å². The van der Waals surface area contributed by atoms with Crippen molar-refractivity contribution in [1.82, 2.24) is 20.3 Å². The summed E-state index contributed by atoms with van der Waals surface area (Å²) in [5, 5.41) is 11.4. The van der Waals surface area contributed by atoms with Gasteiger partial charge in [-0.1, -0.05) is 26.0 Å². The molecule has 0 aliphatic rings. The lowest BCUT2D eigenvalue weighted by Crippen LogP contribution is -2.23. The van der Waals surface area contributed by atoms with Crippen molar-refractivity contribution in [3.05, 3.63) is 11.9 Å². The molecule has 0 saturated carbocycles. The molecule has 1 rings (SSSR count). The third kappa shape index (κ3) is 3.63. The fourth-order valence-corrected chi connectivity index (χ4v) is 1.71. The molecule has 0 aliphatic heterocycles. The number of nitrogens with one attached hydrogen (secondary N) is 1. The van der Waals surface area contributed by atoms with Crippen LogP contribution in [0.4, 0.5) is 0 Å². The van der Waals surface area contributed by atoms with Gasteiger partial charge in [-0.25, -0.2) is 0 Å². The molecule has 0 saturated heterocycles. The van der Waals surface area contributed by atoms with E-state index in [1.54, 1.807) is 0 Å². The fourth-order valence-electron chi connectivity index (χ4n) is 1.71. The molecule has 1 unspecified atom stereocenters. The summed E-state index contributed by atoms with van der Waals surface area (Å²) in [6.45, 7) is 7.62. The number of rotatable bonds is 6. The Morgan fingerprint density at radius 2 is 2.13 bits per heavy atom. The lowest BCUT2D eigenvalue weighted by molar-refractivity contribution is 0.428. The summed E-state index contributed by atoms with van der Waals surface area (Å²) in [7, 11) is 1.95. The molecule has 1 aromatic rings. The van der Waals surface area contributed by atoms with Crippen LogP contribution < -0.4 is 5.32 Å². The van der Waals surface area contributed by atoms with Crippen LogP contribution in [-0.2, 0) is 7.05 Å². The molecule has 0 aromatic carbocycles. The Hall–Kier alpha value is -0.900. The summed E-state index contributed by atoms with van der Waals surface area (Å²) in [5.41, 5.74) is 1.18. The summed E-state index contributed by atoms with van der Waals surface area (Å²) in [6, 6.07) is 0.386. The Morgan fingerprint density at radius 3 is 2.60 bits per heavy atom. The molecule has 0 bridgehead atoms. The Labute approximate surface area is 92.1 Å². The molecule has 1 atom stereocenters. The van der Waals surface area contributed by atoms with Crippen molar-refractivity contribution in [3.8, 4) is 0 Å². The molecular weight excluding hydrogens is 188 g/mol. The molecule has 0 aliphatic carbocycles. The standard InChI is InChI=1S/C11H22N4/c1-5-12-10(7-6-9(2)3)11-8-13-14-15(11)4/h8-10,12H,5-7H2,1-4H3. The van der Waals surface area contributed by atoms with Gasteiger partial charge in [-0.15, -0.1) is 5.10 Å². The molecule has 0 fully saturated rings. The molecule has 0 amide bonds. The van der Waals surface area contributed by atoms with Crippen LogP contribution in [0.1, 0.15) is 45.3 Å². The fraction of sp³-hybridized carbons (Fsp3) is 0.818. The van der Waals surface area contributed by atoms with Gasteiger partial charge >= 0.3 is 0 Å². The molecule has 1 N–H and O–H groups in total. The summed E-state index contributed by atoms with van der Waals surface area (Å²) in [4.78, 5) is 0. The number of hydrogen-bond donors (Lipinski definition) is 1. The highest BCUT2D eigenvalue weighted by molar-refractivity contribution is 5.01. The van der Waals surface area contributed by atoms with Gasteiger partial charge in [-0.05, 0) is 25.3 Å². The van der Waals surface area contributed by atoms with E-state index in [4.69, 9.17) is 0 Å². The van der Waals surface area contributed by atoms with E-state index in [-0.39, 0.29) is 0 Å². The minimum absolute atomic E-state index is 0.386.